The number of hydrogen-bond acceptors (Lipinski definition) is 7. The lowest BCUT2D eigenvalue weighted by Gasteiger charge is -2.26. The van der Waals surface area contributed by atoms with Crippen LogP contribution in [0.2, 0.25) is 0 Å². The molecule has 1 aliphatic rings. The van der Waals surface area contributed by atoms with Gasteiger partial charge in [0, 0.05) is 35.2 Å². The van der Waals surface area contributed by atoms with Gasteiger partial charge in [0.15, 0.2) is 21.4 Å². The van der Waals surface area contributed by atoms with Gasteiger partial charge < -0.3 is 19.6 Å². The Labute approximate surface area is 276 Å². The molecule has 3 heterocycles. The van der Waals surface area contributed by atoms with Gasteiger partial charge in [0.05, 0.1) is 47.8 Å². The number of rotatable bonds is 4. The first-order valence-electron chi connectivity index (χ1n) is 15.6. The highest BCUT2D eigenvalue weighted by Gasteiger charge is 2.30. The smallest absolute Gasteiger partial charge is 0.303 e. The van der Waals surface area contributed by atoms with Gasteiger partial charge in [-0.3, -0.25) is 9.48 Å². The van der Waals surface area contributed by atoms with E-state index in [1.807, 2.05) is 24.3 Å². The molecule has 0 radical (unpaired) electrons. The molecule has 2 N–H and O–H groups in total. The molecule has 0 fully saturated rings. The first-order chi connectivity index (χ1) is 22.8. The van der Waals surface area contributed by atoms with E-state index in [4.69, 9.17) is 14.6 Å². The molecule has 1 unspecified atom stereocenters. The minimum absolute atomic E-state index is 0.0308. The first-order valence-corrected chi connectivity index (χ1v) is 17.4. The molecule has 6 rings (SSSR count). The van der Waals surface area contributed by atoms with Crippen molar-refractivity contribution in [2.75, 3.05) is 24.7 Å². The summed E-state index contributed by atoms with van der Waals surface area (Å²) in [6.07, 6.45) is 3.41. The van der Waals surface area contributed by atoms with Gasteiger partial charge in [-0.15, -0.1) is 0 Å². The second kappa shape index (κ2) is 13.1. The van der Waals surface area contributed by atoms with Crippen LogP contribution in [0.5, 0.6) is 11.5 Å². The lowest BCUT2D eigenvalue weighted by atomic mass is 9.98. The number of H-pyrrole nitrogens is 1. The van der Waals surface area contributed by atoms with Crippen LogP contribution in [0.4, 0.5) is 8.78 Å². The minimum Gasteiger partial charge on any atom is -0.481 e. The van der Waals surface area contributed by atoms with E-state index in [1.165, 1.54) is 30.6 Å². The highest BCUT2D eigenvalue weighted by Crippen LogP contribution is 2.37. The molecule has 0 aliphatic carbocycles. The minimum atomic E-state index is -3.67. The van der Waals surface area contributed by atoms with Crippen molar-refractivity contribution in [2.24, 2.45) is 5.41 Å². The highest BCUT2D eigenvalue weighted by atomic mass is 32.2. The van der Waals surface area contributed by atoms with Crippen LogP contribution in [0.15, 0.2) is 61.1 Å². The summed E-state index contributed by atoms with van der Waals surface area (Å²) in [4.78, 5) is 18.4. The van der Waals surface area contributed by atoms with Crippen molar-refractivity contribution in [3.05, 3.63) is 94.9 Å². The third-order valence-corrected chi connectivity index (χ3v) is 10.4. The lowest BCUT2D eigenvalue weighted by molar-refractivity contribution is -0.136. The average Bonchev–Trinajstić information content (AvgIpc) is 3.64. The Morgan fingerprint density at radius 2 is 1.96 bits per heavy atom. The number of carboxylic acid groups (broad SMARTS) is 1. The standard InChI is InChI=1S/C35H36F2N4O6S/c1-21-16-41-30(23-6-4-5-22(13-23)7-10-31(42)43)17-46-18-35(2,3)19-48(44,45)12-11-25-33-29(38-20-39-33)15-28(37)34(25)47-24-8-9-27(36)26(14-24)32(21)40-41/h4-6,8-9,13-16,20,30H,7,10-12,17-19H2,1-3H3,(H,38,39)(H,42,43). The van der Waals surface area contributed by atoms with Crippen LogP contribution >= 0.6 is 0 Å². The maximum Gasteiger partial charge on any atom is 0.303 e. The highest BCUT2D eigenvalue weighted by molar-refractivity contribution is 7.91. The first kappa shape index (κ1) is 33.3. The molecule has 4 bridgehead atoms. The van der Waals surface area contributed by atoms with Crippen LogP contribution in [0.1, 0.15) is 48.6 Å². The van der Waals surface area contributed by atoms with Gasteiger partial charge >= 0.3 is 5.97 Å². The van der Waals surface area contributed by atoms with E-state index >= 15 is 8.78 Å². The Morgan fingerprint density at radius 1 is 1.15 bits per heavy atom. The molecule has 0 amide bonds. The fourth-order valence-corrected chi connectivity index (χ4v) is 8.10. The fraction of sp³-hybridized carbons (Fsp3) is 0.343. The summed E-state index contributed by atoms with van der Waals surface area (Å²) in [5, 5.41) is 14.0. The third kappa shape index (κ3) is 7.26. The van der Waals surface area contributed by atoms with Gasteiger partial charge in [-0.2, -0.15) is 5.10 Å². The van der Waals surface area contributed by atoms with Crippen molar-refractivity contribution in [2.45, 2.75) is 46.1 Å². The predicted octanol–water partition coefficient (Wildman–Crippen LogP) is 6.43. The van der Waals surface area contributed by atoms with Crippen LogP contribution in [-0.2, 0) is 32.2 Å². The van der Waals surface area contributed by atoms with Crippen LogP contribution < -0.4 is 4.74 Å². The number of imidazole rings is 1. The number of hydrogen-bond donors (Lipinski definition) is 2. The average molecular weight is 679 g/mol. The van der Waals surface area contributed by atoms with Crippen molar-refractivity contribution in [1.29, 1.82) is 0 Å². The molecule has 3 aromatic carbocycles. The summed E-state index contributed by atoms with van der Waals surface area (Å²) in [5.74, 6) is -2.71. The zero-order valence-corrected chi connectivity index (χ0v) is 27.6. The normalized spacial score (nSPS) is 18.0. The number of aromatic amines is 1. The number of nitrogens with one attached hydrogen (secondary N) is 1. The van der Waals surface area contributed by atoms with E-state index in [0.29, 0.717) is 28.7 Å². The second-order valence-electron chi connectivity index (χ2n) is 13.0. The number of aryl methyl sites for hydroxylation is 3. The predicted molar refractivity (Wildman–Crippen MR) is 176 cm³/mol. The largest absolute Gasteiger partial charge is 0.481 e. The molecule has 13 heteroatoms. The number of carbonyl (C=O) groups is 1. The number of benzene rings is 3. The number of fused-ring (bicyclic) bond motifs is 8. The Bertz CT molecular complexity index is 2110. The van der Waals surface area contributed by atoms with Gasteiger partial charge in [-0.05, 0) is 54.7 Å². The van der Waals surface area contributed by atoms with Crippen molar-refractivity contribution < 1.29 is 36.6 Å². The molecule has 1 atom stereocenters. The van der Waals surface area contributed by atoms with E-state index in [9.17, 15) is 18.3 Å². The summed E-state index contributed by atoms with van der Waals surface area (Å²) in [7, 11) is -3.67. The SMILES string of the molecule is Cc1cn2nc1-c1cc(ccc1F)Oc1c(F)cc3[nH]cnc3c1CCS(=O)(=O)CC(C)(C)COCC2c1cccc(CCC(=O)O)c1. The molecule has 252 valence electrons. The van der Waals surface area contributed by atoms with Crippen molar-refractivity contribution in [1.82, 2.24) is 19.7 Å². The Kier molecular flexibility index (Phi) is 9.10. The number of carboxylic acids is 1. The summed E-state index contributed by atoms with van der Waals surface area (Å²) >= 11 is 0. The molecule has 2 aromatic heterocycles. The van der Waals surface area contributed by atoms with Gasteiger partial charge in [0.25, 0.3) is 0 Å². The van der Waals surface area contributed by atoms with Crippen LogP contribution in [-0.4, -0.2) is 64.0 Å². The summed E-state index contributed by atoms with van der Waals surface area (Å²) in [6.45, 7) is 5.62. The third-order valence-electron chi connectivity index (χ3n) is 8.37. The van der Waals surface area contributed by atoms with E-state index in [1.54, 1.807) is 31.6 Å². The Morgan fingerprint density at radius 3 is 2.75 bits per heavy atom. The molecule has 10 nitrogen and oxygen atoms in total. The number of ether oxygens (including phenoxy) is 2. The van der Waals surface area contributed by atoms with Crippen molar-refractivity contribution >= 4 is 26.8 Å². The summed E-state index contributed by atoms with van der Waals surface area (Å²) in [5.41, 5.74) is 3.03. The van der Waals surface area contributed by atoms with Crippen molar-refractivity contribution in [3.63, 3.8) is 0 Å². The quantitative estimate of drug-likeness (QED) is 0.222. The van der Waals surface area contributed by atoms with Gasteiger partial charge in [-0.1, -0.05) is 38.1 Å². The fourth-order valence-electron chi connectivity index (χ4n) is 6.16. The van der Waals surface area contributed by atoms with Crippen molar-refractivity contribution in [3.8, 4) is 22.8 Å². The van der Waals surface area contributed by atoms with E-state index in [0.717, 1.165) is 11.1 Å². The molecular formula is C35H36F2N4O6S. The molecule has 48 heavy (non-hydrogen) atoms. The second-order valence-corrected chi connectivity index (χ2v) is 15.2. The molecule has 1 aliphatic heterocycles. The Balaban J connectivity index is 1.47. The van der Waals surface area contributed by atoms with Gasteiger partial charge in [-0.25, -0.2) is 22.2 Å². The maximum atomic E-state index is 15.6. The topological polar surface area (TPSA) is 136 Å². The number of sulfone groups is 1. The zero-order chi connectivity index (χ0) is 34.2. The van der Waals surface area contributed by atoms with E-state index < -0.39 is 38.9 Å². The van der Waals surface area contributed by atoms with Crippen LogP contribution in [0.25, 0.3) is 22.3 Å². The number of aromatic nitrogens is 4. The monoisotopic (exact) mass is 678 g/mol. The molecule has 0 spiro atoms. The molecular weight excluding hydrogens is 642 g/mol. The Hall–Kier alpha value is -4.62. The number of halogens is 2. The van der Waals surface area contributed by atoms with E-state index in [-0.39, 0.29) is 60.2 Å². The summed E-state index contributed by atoms with van der Waals surface area (Å²) in [6, 6.07) is 12.2. The molecule has 0 saturated heterocycles. The van der Waals surface area contributed by atoms with Crippen LogP contribution in [0, 0.1) is 24.0 Å². The maximum absolute atomic E-state index is 15.6. The molecule has 5 aromatic rings. The van der Waals surface area contributed by atoms with Crippen LogP contribution in [0.3, 0.4) is 0 Å². The number of aliphatic carboxylic acids is 1. The van der Waals surface area contributed by atoms with Gasteiger partial charge in [0.1, 0.15) is 17.6 Å². The summed E-state index contributed by atoms with van der Waals surface area (Å²) < 4.78 is 71.9. The lowest BCUT2D eigenvalue weighted by Crippen LogP contribution is -2.32. The zero-order valence-electron chi connectivity index (χ0n) is 26.8. The molecule has 0 saturated carbocycles. The van der Waals surface area contributed by atoms with Gasteiger partial charge in [0.2, 0.25) is 0 Å². The van der Waals surface area contributed by atoms with E-state index in [2.05, 4.69) is 9.97 Å². The number of nitrogens with zero attached hydrogens (tertiary/aromatic N) is 3.